The smallest absolute Gasteiger partial charge is 0.396 e. The lowest BCUT2D eigenvalue weighted by atomic mass is 9.94. The van der Waals surface area contributed by atoms with E-state index in [-0.39, 0.29) is 18.6 Å². The van der Waals surface area contributed by atoms with Gasteiger partial charge in [0, 0.05) is 12.6 Å². The van der Waals surface area contributed by atoms with Crippen molar-refractivity contribution < 1.29 is 23.1 Å². The molecule has 0 aromatic heterocycles. The van der Waals surface area contributed by atoms with Crippen LogP contribution in [0.2, 0.25) is 0 Å². The molecule has 0 saturated carbocycles. The number of hydrogen-bond donors (Lipinski definition) is 3. The van der Waals surface area contributed by atoms with Gasteiger partial charge in [0.1, 0.15) is 0 Å². The molecule has 0 saturated heterocycles. The minimum atomic E-state index is -4.42. The predicted octanol–water partition coefficient (Wildman–Crippen LogP) is 3.47. The minimum absolute atomic E-state index is 0.0529. The second-order valence-corrected chi connectivity index (χ2v) is 5.88. The van der Waals surface area contributed by atoms with Gasteiger partial charge >= 0.3 is 12.2 Å². The van der Waals surface area contributed by atoms with Gasteiger partial charge in [-0.1, -0.05) is 26.0 Å². The van der Waals surface area contributed by atoms with E-state index < -0.39 is 23.8 Å². The second-order valence-electron chi connectivity index (χ2n) is 5.88. The van der Waals surface area contributed by atoms with Gasteiger partial charge < -0.3 is 15.7 Å². The molecule has 23 heavy (non-hydrogen) atoms. The highest BCUT2D eigenvalue weighted by Gasteiger charge is 2.31. The van der Waals surface area contributed by atoms with Crippen LogP contribution in [0.1, 0.15) is 44.4 Å². The molecule has 1 unspecified atom stereocenters. The highest BCUT2D eigenvalue weighted by atomic mass is 19.4. The Balaban J connectivity index is 2.89. The Morgan fingerprint density at radius 1 is 1.22 bits per heavy atom. The van der Waals surface area contributed by atoms with Crippen molar-refractivity contribution in [3.05, 3.63) is 35.4 Å². The summed E-state index contributed by atoms with van der Waals surface area (Å²) in [4.78, 5) is 12.0. The molecule has 0 aliphatic heterocycles. The third kappa shape index (κ3) is 6.09. The van der Waals surface area contributed by atoms with Crippen molar-refractivity contribution in [2.24, 2.45) is 5.92 Å². The number of nitrogens with one attached hydrogen (secondary N) is 2. The molecule has 0 heterocycles. The van der Waals surface area contributed by atoms with Crippen LogP contribution in [0.5, 0.6) is 0 Å². The zero-order chi connectivity index (χ0) is 17.6. The van der Waals surface area contributed by atoms with Gasteiger partial charge in [0.15, 0.2) is 0 Å². The van der Waals surface area contributed by atoms with E-state index in [0.29, 0.717) is 12.0 Å². The van der Waals surface area contributed by atoms with E-state index in [1.165, 1.54) is 6.07 Å². The number of hydrogen-bond acceptors (Lipinski definition) is 2. The van der Waals surface area contributed by atoms with Crippen LogP contribution in [0.15, 0.2) is 24.3 Å². The molecular weight excluding hydrogens is 309 g/mol. The maximum atomic E-state index is 12.8. The zero-order valence-corrected chi connectivity index (χ0v) is 13.4. The number of carbonyl (C=O) groups is 1. The number of amides is 2. The number of alkyl halides is 3. The molecular formula is C16H23F3N2O2. The third-order valence-corrected chi connectivity index (χ3v) is 3.47. The summed E-state index contributed by atoms with van der Waals surface area (Å²) in [6, 6.07) is 3.72. The SMILES string of the molecule is CC(C)C(NC(=O)N[C@H](C)CCO)c1cccc(C(F)(F)F)c1. The fourth-order valence-corrected chi connectivity index (χ4v) is 2.22. The first kappa shape index (κ1) is 19.3. The first-order valence-electron chi connectivity index (χ1n) is 7.50. The molecule has 130 valence electrons. The average Bonchev–Trinajstić information content (AvgIpc) is 2.44. The Kier molecular flexibility index (Phi) is 6.87. The fraction of sp³-hybridized carbons (Fsp3) is 0.562. The number of rotatable bonds is 6. The molecule has 7 heteroatoms. The minimum Gasteiger partial charge on any atom is -0.396 e. The molecule has 1 rings (SSSR count). The summed E-state index contributed by atoms with van der Waals surface area (Å²) < 4.78 is 38.5. The summed E-state index contributed by atoms with van der Waals surface area (Å²) in [5.41, 5.74) is -0.337. The molecule has 0 aliphatic rings. The topological polar surface area (TPSA) is 61.4 Å². The molecule has 0 radical (unpaired) electrons. The molecule has 0 aliphatic carbocycles. The van der Waals surface area contributed by atoms with Crippen LogP contribution in [-0.4, -0.2) is 23.8 Å². The van der Waals surface area contributed by atoms with Crippen LogP contribution >= 0.6 is 0 Å². The van der Waals surface area contributed by atoms with Crippen LogP contribution in [-0.2, 0) is 6.18 Å². The normalized spacial score (nSPS) is 14.4. The van der Waals surface area contributed by atoms with E-state index in [1.807, 2.05) is 13.8 Å². The summed E-state index contributed by atoms with van der Waals surface area (Å²) in [5.74, 6) is -0.0858. The number of halogens is 3. The van der Waals surface area contributed by atoms with Crippen molar-refractivity contribution in [2.75, 3.05) is 6.61 Å². The van der Waals surface area contributed by atoms with E-state index in [2.05, 4.69) is 10.6 Å². The molecule has 2 amide bonds. The molecule has 2 atom stereocenters. The lowest BCUT2D eigenvalue weighted by molar-refractivity contribution is -0.137. The molecule has 3 N–H and O–H groups in total. The van der Waals surface area contributed by atoms with Gasteiger partial charge in [-0.2, -0.15) is 13.2 Å². The number of aliphatic hydroxyl groups is 1. The van der Waals surface area contributed by atoms with E-state index in [1.54, 1.807) is 13.0 Å². The number of aliphatic hydroxyl groups excluding tert-OH is 1. The average molecular weight is 332 g/mol. The standard InChI is InChI=1S/C16H23F3N2O2/c1-10(2)14(21-15(23)20-11(3)7-8-22)12-5-4-6-13(9-12)16(17,18)19/h4-6,9-11,14,22H,7-8H2,1-3H3,(H2,20,21,23)/t11-,14?/m1/s1. The Bertz CT molecular complexity index is 518. The third-order valence-electron chi connectivity index (χ3n) is 3.47. The van der Waals surface area contributed by atoms with Crippen molar-refractivity contribution in [1.82, 2.24) is 10.6 Å². The lowest BCUT2D eigenvalue weighted by Crippen LogP contribution is -2.43. The van der Waals surface area contributed by atoms with Crippen LogP contribution < -0.4 is 10.6 Å². The summed E-state index contributed by atoms with van der Waals surface area (Å²) in [6.45, 7) is 5.33. The first-order chi connectivity index (χ1) is 10.6. The maximum absolute atomic E-state index is 12.8. The van der Waals surface area contributed by atoms with Crippen molar-refractivity contribution >= 4 is 6.03 Å². The summed E-state index contributed by atoms with van der Waals surface area (Å²) >= 11 is 0. The Labute approximate surface area is 134 Å². The molecule has 0 fully saturated rings. The second kappa shape index (κ2) is 8.19. The van der Waals surface area contributed by atoms with E-state index in [0.717, 1.165) is 12.1 Å². The van der Waals surface area contributed by atoms with E-state index >= 15 is 0 Å². The number of urea groups is 1. The highest BCUT2D eigenvalue weighted by Crippen LogP contribution is 2.32. The van der Waals surface area contributed by atoms with Gasteiger partial charge in [-0.25, -0.2) is 4.79 Å². The van der Waals surface area contributed by atoms with Gasteiger partial charge in [0.2, 0.25) is 0 Å². The molecule has 1 aromatic rings. The number of benzene rings is 1. The Hall–Kier alpha value is -1.76. The Morgan fingerprint density at radius 2 is 1.87 bits per heavy atom. The summed E-state index contributed by atoms with van der Waals surface area (Å²) in [7, 11) is 0. The molecule has 0 spiro atoms. The van der Waals surface area contributed by atoms with Gasteiger partial charge in [-0.05, 0) is 37.0 Å². The quantitative estimate of drug-likeness (QED) is 0.747. The van der Waals surface area contributed by atoms with E-state index in [4.69, 9.17) is 5.11 Å². The van der Waals surface area contributed by atoms with Crippen molar-refractivity contribution in [1.29, 1.82) is 0 Å². The molecule has 1 aromatic carbocycles. The summed E-state index contributed by atoms with van der Waals surface area (Å²) in [6.07, 6.45) is -4.02. The Morgan fingerprint density at radius 3 is 2.39 bits per heavy atom. The molecule has 4 nitrogen and oxygen atoms in total. The van der Waals surface area contributed by atoms with Gasteiger partial charge in [0.25, 0.3) is 0 Å². The van der Waals surface area contributed by atoms with Gasteiger partial charge in [-0.15, -0.1) is 0 Å². The summed E-state index contributed by atoms with van der Waals surface area (Å²) in [5, 5.41) is 14.2. The van der Waals surface area contributed by atoms with Gasteiger partial charge in [0.05, 0.1) is 11.6 Å². The van der Waals surface area contributed by atoms with Crippen molar-refractivity contribution in [3.8, 4) is 0 Å². The van der Waals surface area contributed by atoms with Crippen LogP contribution in [0.4, 0.5) is 18.0 Å². The van der Waals surface area contributed by atoms with Crippen LogP contribution in [0, 0.1) is 5.92 Å². The molecule has 0 bridgehead atoms. The first-order valence-corrected chi connectivity index (χ1v) is 7.50. The van der Waals surface area contributed by atoms with Crippen molar-refractivity contribution in [3.63, 3.8) is 0 Å². The largest absolute Gasteiger partial charge is 0.416 e. The fourth-order valence-electron chi connectivity index (χ4n) is 2.22. The lowest BCUT2D eigenvalue weighted by Gasteiger charge is -2.25. The van der Waals surface area contributed by atoms with Crippen molar-refractivity contribution in [2.45, 2.75) is 45.5 Å². The van der Waals surface area contributed by atoms with Gasteiger partial charge in [-0.3, -0.25) is 0 Å². The van der Waals surface area contributed by atoms with Crippen LogP contribution in [0.25, 0.3) is 0 Å². The maximum Gasteiger partial charge on any atom is 0.416 e. The van der Waals surface area contributed by atoms with E-state index in [9.17, 15) is 18.0 Å². The predicted molar refractivity (Wildman–Crippen MR) is 81.9 cm³/mol. The van der Waals surface area contributed by atoms with Crippen LogP contribution in [0.3, 0.4) is 0 Å². The number of carbonyl (C=O) groups excluding carboxylic acids is 1. The zero-order valence-electron chi connectivity index (χ0n) is 13.4. The highest BCUT2D eigenvalue weighted by molar-refractivity contribution is 5.74. The monoisotopic (exact) mass is 332 g/mol.